The van der Waals surface area contributed by atoms with E-state index in [1.807, 2.05) is 0 Å². The van der Waals surface area contributed by atoms with Gasteiger partial charge in [0.1, 0.15) is 6.23 Å². The molecule has 1 atom stereocenters. The normalized spacial score (nSPS) is 12.2. The fourth-order valence-corrected chi connectivity index (χ4v) is 0.231. The van der Waals surface area contributed by atoms with Gasteiger partial charge in [-0.25, -0.2) is 4.79 Å². The van der Waals surface area contributed by atoms with Crippen LogP contribution in [0.15, 0.2) is 12.7 Å². The van der Waals surface area contributed by atoms with Gasteiger partial charge < -0.3 is 4.74 Å². The lowest BCUT2D eigenvalue weighted by atomic mass is 10.6. The molecule has 0 aromatic heterocycles. The second kappa shape index (κ2) is 3.21. The molecule has 0 spiro atoms. The molecule has 3 nitrogen and oxygen atoms in total. The molecule has 0 rings (SSSR count). The predicted molar refractivity (Wildman–Crippen MR) is 29.9 cm³/mol. The summed E-state index contributed by atoms with van der Waals surface area (Å²) in [6.07, 6.45) is 0.532. The van der Waals surface area contributed by atoms with Crippen molar-refractivity contribution in [2.45, 2.75) is 13.2 Å². The fourth-order valence-electron chi connectivity index (χ4n) is 0.231. The lowest BCUT2D eigenvalue weighted by Gasteiger charge is -2.02. The van der Waals surface area contributed by atoms with Crippen LogP contribution in [0.4, 0.5) is 0 Å². The van der Waals surface area contributed by atoms with Crippen LogP contribution in [-0.4, -0.2) is 12.2 Å². The van der Waals surface area contributed by atoms with Gasteiger partial charge in [-0.3, -0.25) is 5.73 Å². The van der Waals surface area contributed by atoms with Crippen molar-refractivity contribution >= 4 is 5.97 Å². The summed E-state index contributed by atoms with van der Waals surface area (Å²) >= 11 is 0. The van der Waals surface area contributed by atoms with Crippen LogP contribution >= 0.6 is 0 Å². The third kappa shape index (κ3) is 3.36. The van der Waals surface area contributed by atoms with Gasteiger partial charge in [-0.05, 0) is 6.92 Å². The summed E-state index contributed by atoms with van der Waals surface area (Å²) in [5.74, 6) is -0.486. The second-order valence-electron chi connectivity index (χ2n) is 1.35. The molecule has 0 saturated carbocycles. The van der Waals surface area contributed by atoms with Gasteiger partial charge in [0.2, 0.25) is 0 Å². The van der Waals surface area contributed by atoms with E-state index in [1.165, 1.54) is 0 Å². The van der Waals surface area contributed by atoms with E-state index in [1.54, 1.807) is 6.92 Å². The number of nitrogens with two attached hydrogens (primary N) is 1. The average Bonchev–Trinajstić information content (AvgIpc) is 1.65. The zero-order chi connectivity index (χ0) is 6.57. The van der Waals surface area contributed by atoms with Gasteiger partial charge in [-0.2, -0.15) is 0 Å². The number of esters is 1. The zero-order valence-electron chi connectivity index (χ0n) is 4.76. The van der Waals surface area contributed by atoms with E-state index in [4.69, 9.17) is 5.73 Å². The van der Waals surface area contributed by atoms with Crippen LogP contribution in [0.5, 0.6) is 0 Å². The average molecular weight is 115 g/mol. The standard InChI is InChI=1S/C5H9NO2/c1-3-5(7)8-4(2)6/h3-4H,1,6H2,2H3. The molecule has 0 aliphatic heterocycles. The lowest BCUT2D eigenvalue weighted by Crippen LogP contribution is -2.21. The second-order valence-corrected chi connectivity index (χ2v) is 1.35. The highest BCUT2D eigenvalue weighted by Crippen LogP contribution is 1.81. The summed E-state index contributed by atoms with van der Waals surface area (Å²) in [5.41, 5.74) is 5.08. The van der Waals surface area contributed by atoms with Crippen LogP contribution < -0.4 is 5.73 Å². The number of carbonyl (C=O) groups excluding carboxylic acids is 1. The number of hydrogen-bond acceptors (Lipinski definition) is 3. The molecule has 0 radical (unpaired) electrons. The summed E-state index contributed by atoms with van der Waals surface area (Å²) in [7, 11) is 0. The summed E-state index contributed by atoms with van der Waals surface area (Å²) in [6.45, 7) is 4.75. The zero-order valence-corrected chi connectivity index (χ0v) is 4.76. The molecular weight excluding hydrogens is 106 g/mol. The first-order chi connectivity index (χ1) is 3.66. The highest BCUT2D eigenvalue weighted by atomic mass is 16.5. The van der Waals surface area contributed by atoms with Gasteiger partial charge in [-0.15, -0.1) is 0 Å². The topological polar surface area (TPSA) is 52.3 Å². The first-order valence-electron chi connectivity index (χ1n) is 2.25. The van der Waals surface area contributed by atoms with Crippen molar-refractivity contribution in [2.24, 2.45) is 5.73 Å². The van der Waals surface area contributed by atoms with Crippen LogP contribution in [0.2, 0.25) is 0 Å². The molecule has 0 aromatic carbocycles. The minimum absolute atomic E-state index is 0.486. The minimum Gasteiger partial charge on any atom is -0.444 e. The maximum absolute atomic E-state index is 10.2. The SMILES string of the molecule is C=CC(=O)OC(C)N. The largest absolute Gasteiger partial charge is 0.444 e. The molecule has 2 N–H and O–H groups in total. The Morgan fingerprint density at radius 3 is 2.62 bits per heavy atom. The van der Waals surface area contributed by atoms with Crippen molar-refractivity contribution in [3.05, 3.63) is 12.7 Å². The molecule has 3 heteroatoms. The molecule has 0 heterocycles. The van der Waals surface area contributed by atoms with Crippen LogP contribution in [0, 0.1) is 0 Å². The van der Waals surface area contributed by atoms with E-state index < -0.39 is 12.2 Å². The molecule has 0 saturated heterocycles. The Hall–Kier alpha value is -0.830. The Morgan fingerprint density at radius 2 is 2.50 bits per heavy atom. The van der Waals surface area contributed by atoms with E-state index >= 15 is 0 Å². The minimum atomic E-state index is -0.541. The molecule has 0 aliphatic carbocycles. The third-order valence-electron chi connectivity index (χ3n) is 0.469. The maximum atomic E-state index is 10.2. The summed E-state index contributed by atoms with van der Waals surface area (Å²) in [6, 6.07) is 0. The molecule has 0 aliphatic rings. The molecule has 0 amide bonds. The van der Waals surface area contributed by atoms with E-state index in [2.05, 4.69) is 11.3 Å². The van der Waals surface area contributed by atoms with Crippen LogP contribution in [-0.2, 0) is 9.53 Å². The number of ether oxygens (including phenoxy) is 1. The molecule has 0 aromatic rings. The van der Waals surface area contributed by atoms with Crippen molar-refractivity contribution in [3.63, 3.8) is 0 Å². The van der Waals surface area contributed by atoms with E-state index in [0.717, 1.165) is 6.08 Å². The van der Waals surface area contributed by atoms with Gasteiger partial charge in [0.25, 0.3) is 0 Å². The third-order valence-corrected chi connectivity index (χ3v) is 0.469. The van der Waals surface area contributed by atoms with Crippen LogP contribution in [0.3, 0.4) is 0 Å². The summed E-state index contributed by atoms with van der Waals surface area (Å²) in [5, 5.41) is 0. The monoisotopic (exact) mass is 115 g/mol. The van der Waals surface area contributed by atoms with Gasteiger partial charge in [0, 0.05) is 6.08 Å². The van der Waals surface area contributed by atoms with Gasteiger partial charge in [0.05, 0.1) is 0 Å². The van der Waals surface area contributed by atoms with Gasteiger partial charge in [0.15, 0.2) is 0 Å². The smallest absolute Gasteiger partial charge is 0.331 e. The Labute approximate surface area is 48.1 Å². The van der Waals surface area contributed by atoms with Crippen LogP contribution in [0.1, 0.15) is 6.92 Å². The van der Waals surface area contributed by atoms with Crippen molar-refractivity contribution in [1.82, 2.24) is 0 Å². The first kappa shape index (κ1) is 7.17. The fraction of sp³-hybridized carbons (Fsp3) is 0.400. The molecule has 0 bridgehead atoms. The van der Waals surface area contributed by atoms with Crippen molar-refractivity contribution in [1.29, 1.82) is 0 Å². The molecule has 46 valence electrons. The van der Waals surface area contributed by atoms with Crippen LogP contribution in [0.25, 0.3) is 0 Å². The summed E-state index contributed by atoms with van der Waals surface area (Å²) < 4.78 is 4.42. The Bertz CT molecular complexity index is 98.6. The number of carbonyl (C=O) groups is 1. The molecule has 0 fully saturated rings. The number of hydrogen-bond donors (Lipinski definition) is 1. The highest BCUT2D eigenvalue weighted by Gasteiger charge is 1.96. The first-order valence-corrected chi connectivity index (χ1v) is 2.25. The highest BCUT2D eigenvalue weighted by molar-refractivity contribution is 5.81. The Kier molecular flexibility index (Phi) is 2.88. The molecule has 1 unspecified atom stereocenters. The van der Waals surface area contributed by atoms with Crippen molar-refractivity contribution < 1.29 is 9.53 Å². The van der Waals surface area contributed by atoms with Crippen molar-refractivity contribution in [3.8, 4) is 0 Å². The predicted octanol–water partition coefficient (Wildman–Crippen LogP) is 0.0203. The number of rotatable bonds is 2. The van der Waals surface area contributed by atoms with Gasteiger partial charge in [-0.1, -0.05) is 6.58 Å². The van der Waals surface area contributed by atoms with Gasteiger partial charge >= 0.3 is 5.97 Å². The summed E-state index contributed by atoms with van der Waals surface area (Å²) in [4.78, 5) is 10.2. The Morgan fingerprint density at radius 1 is 2.00 bits per heavy atom. The van der Waals surface area contributed by atoms with E-state index in [-0.39, 0.29) is 0 Å². The Balaban J connectivity index is 3.39. The van der Waals surface area contributed by atoms with E-state index in [9.17, 15) is 4.79 Å². The molecule has 8 heavy (non-hydrogen) atoms. The molecular formula is C5H9NO2. The lowest BCUT2D eigenvalue weighted by molar-refractivity contribution is -0.141. The maximum Gasteiger partial charge on any atom is 0.331 e. The van der Waals surface area contributed by atoms with Crippen molar-refractivity contribution in [2.75, 3.05) is 0 Å². The quantitative estimate of drug-likeness (QED) is 0.313. The van der Waals surface area contributed by atoms with E-state index in [0.29, 0.717) is 0 Å².